The zero-order chi connectivity index (χ0) is 26.9. The van der Waals surface area contributed by atoms with E-state index in [1.807, 2.05) is 24.3 Å². The quantitative estimate of drug-likeness (QED) is 0.296. The number of aromatic nitrogens is 2. The van der Waals surface area contributed by atoms with E-state index >= 15 is 0 Å². The molecule has 1 aromatic heterocycles. The zero-order valence-electron chi connectivity index (χ0n) is 20.9. The van der Waals surface area contributed by atoms with E-state index in [0.717, 1.165) is 11.1 Å². The third-order valence-corrected chi connectivity index (χ3v) is 6.60. The first-order chi connectivity index (χ1) is 19.0. The lowest BCUT2D eigenvalue weighted by molar-refractivity contribution is -0.122. The first-order valence-electron chi connectivity index (χ1n) is 12.4. The Labute approximate surface area is 223 Å². The van der Waals surface area contributed by atoms with Crippen LogP contribution in [-0.2, 0) is 11.4 Å². The van der Waals surface area contributed by atoms with Gasteiger partial charge >= 0.3 is 0 Å². The molecule has 0 fully saturated rings. The van der Waals surface area contributed by atoms with Gasteiger partial charge in [-0.25, -0.2) is 0 Å². The number of carbonyl (C=O) groups is 3. The summed E-state index contributed by atoms with van der Waals surface area (Å²) < 4.78 is 11.7. The Morgan fingerprint density at radius 1 is 0.821 bits per heavy atom. The van der Waals surface area contributed by atoms with Gasteiger partial charge in [0.25, 0.3) is 5.91 Å². The van der Waals surface area contributed by atoms with Crippen molar-refractivity contribution in [2.45, 2.75) is 19.6 Å². The molecule has 4 aromatic carbocycles. The number of nitrogens with one attached hydrogen (secondary N) is 2. The number of hydrogen-bond donors (Lipinski definition) is 2. The minimum atomic E-state index is -0.732. The lowest BCUT2D eigenvalue weighted by Gasteiger charge is -2.18. The van der Waals surface area contributed by atoms with Gasteiger partial charge in [-0.1, -0.05) is 48.5 Å². The largest absolute Gasteiger partial charge is 0.489 e. The molecule has 6 rings (SSSR count). The lowest BCUT2D eigenvalue weighted by Crippen LogP contribution is -2.30. The molecule has 8 heteroatoms. The van der Waals surface area contributed by atoms with Gasteiger partial charge in [0.2, 0.25) is 0 Å². The molecule has 0 spiro atoms. The number of amides is 1. The number of anilines is 1. The fraction of sp³-hybridized carbons (Fsp3) is 0.0968. The average Bonchev–Trinajstić information content (AvgIpc) is 3.37. The van der Waals surface area contributed by atoms with Crippen LogP contribution in [0, 0.1) is 0 Å². The third-order valence-electron chi connectivity index (χ3n) is 6.60. The molecule has 0 radical (unpaired) electrons. The van der Waals surface area contributed by atoms with E-state index in [-0.39, 0.29) is 24.1 Å². The Bertz CT molecular complexity index is 1740. The third kappa shape index (κ3) is 4.64. The van der Waals surface area contributed by atoms with Crippen molar-refractivity contribution in [2.24, 2.45) is 0 Å². The molecule has 0 aliphatic heterocycles. The molecule has 1 aliphatic rings. The highest BCUT2D eigenvalue weighted by molar-refractivity contribution is 6.28. The number of H-pyrrole nitrogens is 1. The van der Waals surface area contributed by atoms with E-state index < -0.39 is 6.10 Å². The molecule has 8 nitrogen and oxygen atoms in total. The highest BCUT2D eigenvalue weighted by atomic mass is 16.5. The maximum absolute atomic E-state index is 13.0. The van der Waals surface area contributed by atoms with Crippen molar-refractivity contribution in [2.75, 3.05) is 5.32 Å². The van der Waals surface area contributed by atoms with Crippen LogP contribution in [0.1, 0.15) is 44.3 Å². The average molecular weight is 518 g/mol. The second kappa shape index (κ2) is 9.90. The summed E-state index contributed by atoms with van der Waals surface area (Å²) in [4.78, 5) is 38.6. The van der Waals surface area contributed by atoms with E-state index in [0.29, 0.717) is 45.0 Å². The number of rotatable bonds is 7. The molecule has 2 N–H and O–H groups in total. The summed E-state index contributed by atoms with van der Waals surface area (Å²) >= 11 is 0. The zero-order valence-corrected chi connectivity index (χ0v) is 20.9. The topological polar surface area (TPSA) is 110 Å². The Morgan fingerprint density at radius 2 is 1.51 bits per heavy atom. The maximum Gasteiger partial charge on any atom is 0.266 e. The number of para-hydroxylation sites is 1. The number of benzene rings is 4. The summed E-state index contributed by atoms with van der Waals surface area (Å²) in [5.74, 6) is 0.844. The van der Waals surface area contributed by atoms with Crippen molar-refractivity contribution in [3.8, 4) is 11.5 Å². The molecule has 1 heterocycles. The van der Waals surface area contributed by atoms with Crippen LogP contribution >= 0.6 is 0 Å². The number of fused-ring (bicyclic) bond motifs is 3. The Kier molecular flexibility index (Phi) is 6.13. The smallest absolute Gasteiger partial charge is 0.266 e. The molecule has 192 valence electrons. The molecule has 0 saturated carbocycles. The predicted molar refractivity (Wildman–Crippen MR) is 145 cm³/mol. The van der Waals surface area contributed by atoms with Crippen LogP contribution < -0.4 is 14.8 Å². The summed E-state index contributed by atoms with van der Waals surface area (Å²) in [6.07, 6.45) is -0.732. The van der Waals surface area contributed by atoms with Crippen LogP contribution in [-0.4, -0.2) is 33.8 Å². The van der Waals surface area contributed by atoms with Gasteiger partial charge < -0.3 is 14.8 Å². The molecular formula is C31H23N3O5. The van der Waals surface area contributed by atoms with Gasteiger partial charge in [-0.15, -0.1) is 0 Å². The summed E-state index contributed by atoms with van der Waals surface area (Å²) in [6.45, 7) is 1.85. The van der Waals surface area contributed by atoms with Crippen molar-refractivity contribution >= 4 is 34.2 Å². The monoisotopic (exact) mass is 517 g/mol. The van der Waals surface area contributed by atoms with Gasteiger partial charge in [-0.2, -0.15) is 5.10 Å². The standard InChI is InChI=1S/C31H23N3O5/c1-18(39-20-7-3-2-4-8-20)31(37)32-30-26-16-21(12-14-27(26)33-34-30)38-17-19-11-13-24-25(15-19)29(36)23-10-6-5-9-22(23)28(24)35/h2-16,18H,17H2,1H3,(H2,32,33,34,37). The normalized spacial score (nSPS) is 12.9. The number of ketones is 2. The van der Waals surface area contributed by atoms with Crippen molar-refractivity contribution in [1.82, 2.24) is 10.2 Å². The van der Waals surface area contributed by atoms with Gasteiger partial charge in [0.05, 0.1) is 5.52 Å². The van der Waals surface area contributed by atoms with Gasteiger partial charge in [0.1, 0.15) is 18.1 Å². The van der Waals surface area contributed by atoms with E-state index in [9.17, 15) is 14.4 Å². The Balaban J connectivity index is 1.16. The second-order valence-electron chi connectivity index (χ2n) is 9.21. The predicted octanol–water partition coefficient (Wildman–Crippen LogP) is 5.32. The van der Waals surface area contributed by atoms with E-state index in [1.54, 1.807) is 73.7 Å². The summed E-state index contributed by atoms with van der Waals surface area (Å²) in [7, 11) is 0. The van der Waals surface area contributed by atoms with Crippen LogP contribution in [0.4, 0.5) is 5.82 Å². The van der Waals surface area contributed by atoms with E-state index in [2.05, 4.69) is 15.5 Å². The van der Waals surface area contributed by atoms with Crippen molar-refractivity contribution in [3.05, 3.63) is 119 Å². The van der Waals surface area contributed by atoms with Crippen molar-refractivity contribution in [3.63, 3.8) is 0 Å². The number of carbonyl (C=O) groups excluding carboxylic acids is 3. The Morgan fingerprint density at radius 3 is 2.28 bits per heavy atom. The van der Waals surface area contributed by atoms with E-state index in [1.165, 1.54) is 0 Å². The van der Waals surface area contributed by atoms with Gasteiger partial charge in [-0.3, -0.25) is 19.5 Å². The molecular weight excluding hydrogens is 494 g/mol. The molecule has 5 aromatic rings. The first-order valence-corrected chi connectivity index (χ1v) is 12.4. The summed E-state index contributed by atoms with van der Waals surface area (Å²) in [6, 6.07) is 26.5. The van der Waals surface area contributed by atoms with E-state index in [4.69, 9.17) is 9.47 Å². The van der Waals surface area contributed by atoms with Gasteiger partial charge in [0, 0.05) is 27.6 Å². The minimum absolute atomic E-state index is 0.156. The minimum Gasteiger partial charge on any atom is -0.489 e. The number of nitrogens with zero attached hydrogens (tertiary/aromatic N) is 1. The number of ether oxygens (including phenoxy) is 2. The van der Waals surface area contributed by atoms with Crippen LogP contribution in [0.5, 0.6) is 11.5 Å². The highest BCUT2D eigenvalue weighted by Gasteiger charge is 2.29. The van der Waals surface area contributed by atoms with Crippen molar-refractivity contribution < 1.29 is 23.9 Å². The van der Waals surface area contributed by atoms with Crippen LogP contribution in [0.25, 0.3) is 10.9 Å². The molecule has 1 aliphatic carbocycles. The molecule has 1 unspecified atom stereocenters. The molecule has 0 bridgehead atoms. The van der Waals surface area contributed by atoms with Gasteiger partial charge in [-0.05, 0) is 55.0 Å². The van der Waals surface area contributed by atoms with Gasteiger partial charge in [0.15, 0.2) is 23.5 Å². The molecule has 39 heavy (non-hydrogen) atoms. The van der Waals surface area contributed by atoms with Crippen LogP contribution in [0.3, 0.4) is 0 Å². The summed E-state index contributed by atoms with van der Waals surface area (Å²) in [5, 5.41) is 10.6. The van der Waals surface area contributed by atoms with Crippen molar-refractivity contribution in [1.29, 1.82) is 0 Å². The lowest BCUT2D eigenvalue weighted by atomic mass is 9.83. The fourth-order valence-electron chi connectivity index (χ4n) is 4.56. The maximum atomic E-state index is 13.0. The second-order valence-corrected chi connectivity index (χ2v) is 9.21. The highest BCUT2D eigenvalue weighted by Crippen LogP contribution is 2.29. The Hall–Kier alpha value is -5.24. The SMILES string of the molecule is CC(Oc1ccccc1)C(=O)Nc1n[nH]c2ccc(OCc3ccc4c(c3)C(=O)c3ccccc3C4=O)cc12. The molecule has 0 saturated heterocycles. The van der Waals surface area contributed by atoms with Crippen LogP contribution in [0.15, 0.2) is 91.0 Å². The number of aromatic amines is 1. The number of hydrogen-bond acceptors (Lipinski definition) is 6. The fourth-order valence-corrected chi connectivity index (χ4v) is 4.56. The molecule has 1 atom stereocenters. The first kappa shape index (κ1) is 24.1. The summed E-state index contributed by atoms with van der Waals surface area (Å²) in [5.41, 5.74) is 3.09. The molecule has 1 amide bonds. The van der Waals surface area contributed by atoms with Crippen LogP contribution in [0.2, 0.25) is 0 Å².